The highest BCUT2D eigenvalue weighted by Crippen LogP contribution is 2.41. The molecule has 0 bridgehead atoms. The maximum atomic E-state index is 5.43. The number of aromatic nitrogens is 4. The van der Waals surface area contributed by atoms with Gasteiger partial charge in [-0.05, 0) is 36.4 Å². The first-order valence-corrected chi connectivity index (χ1v) is 9.17. The van der Waals surface area contributed by atoms with E-state index in [4.69, 9.17) is 18.9 Å². The number of nitrogens with zero attached hydrogens (tertiary/aromatic N) is 4. The first-order chi connectivity index (χ1) is 13.7. The first kappa shape index (κ1) is 18.1. The maximum absolute atomic E-state index is 5.43. The van der Waals surface area contributed by atoms with E-state index in [0.717, 1.165) is 21.9 Å². The average molecular weight is 398 g/mol. The van der Waals surface area contributed by atoms with Gasteiger partial charge < -0.3 is 18.9 Å². The van der Waals surface area contributed by atoms with Crippen LogP contribution in [0.15, 0.2) is 36.4 Å². The highest BCUT2D eigenvalue weighted by Gasteiger charge is 2.19. The fourth-order valence-electron chi connectivity index (χ4n) is 2.86. The van der Waals surface area contributed by atoms with Gasteiger partial charge in [0.15, 0.2) is 17.3 Å². The van der Waals surface area contributed by atoms with Crippen LogP contribution in [0.2, 0.25) is 0 Å². The van der Waals surface area contributed by atoms with E-state index in [-0.39, 0.29) is 0 Å². The smallest absolute Gasteiger partial charge is 0.235 e. The van der Waals surface area contributed by atoms with Crippen LogP contribution in [0.3, 0.4) is 0 Å². The van der Waals surface area contributed by atoms with E-state index in [1.165, 1.54) is 11.3 Å². The second-order valence-corrected chi connectivity index (χ2v) is 6.72. The Morgan fingerprint density at radius 1 is 0.786 bits per heavy atom. The Bertz CT molecular complexity index is 1100. The van der Waals surface area contributed by atoms with E-state index in [1.54, 1.807) is 33.0 Å². The van der Waals surface area contributed by atoms with Gasteiger partial charge in [0.05, 0.1) is 28.4 Å². The number of rotatable bonds is 6. The third kappa shape index (κ3) is 2.99. The van der Waals surface area contributed by atoms with Gasteiger partial charge in [-0.3, -0.25) is 0 Å². The Morgan fingerprint density at radius 3 is 2.04 bits per heavy atom. The summed E-state index contributed by atoms with van der Waals surface area (Å²) in [6, 6.07) is 11.4. The second kappa shape index (κ2) is 7.35. The molecule has 0 atom stereocenters. The molecule has 0 aliphatic heterocycles. The summed E-state index contributed by atoms with van der Waals surface area (Å²) in [5.41, 5.74) is 1.74. The van der Waals surface area contributed by atoms with Gasteiger partial charge in [-0.15, -0.1) is 10.2 Å². The van der Waals surface area contributed by atoms with Crippen molar-refractivity contribution in [2.45, 2.75) is 0 Å². The number of fused-ring (bicyclic) bond motifs is 1. The van der Waals surface area contributed by atoms with E-state index in [2.05, 4.69) is 15.3 Å². The summed E-state index contributed by atoms with van der Waals surface area (Å²) in [4.78, 5) is 0.689. The molecule has 0 aliphatic carbocycles. The number of hydrogen-bond acceptors (Lipinski definition) is 8. The molecular formula is C19H18N4O4S. The van der Waals surface area contributed by atoms with Crippen LogP contribution in [0.1, 0.15) is 0 Å². The van der Waals surface area contributed by atoms with E-state index in [0.29, 0.717) is 28.0 Å². The molecule has 2 heterocycles. The second-order valence-electron chi connectivity index (χ2n) is 5.77. The normalized spacial score (nSPS) is 10.9. The lowest BCUT2D eigenvalue weighted by molar-refractivity contribution is 0.324. The van der Waals surface area contributed by atoms with Gasteiger partial charge in [0.2, 0.25) is 10.7 Å². The summed E-state index contributed by atoms with van der Waals surface area (Å²) in [6.45, 7) is 0. The van der Waals surface area contributed by atoms with Crippen molar-refractivity contribution < 1.29 is 18.9 Å². The monoisotopic (exact) mass is 398 g/mol. The van der Waals surface area contributed by atoms with Gasteiger partial charge in [0.1, 0.15) is 10.8 Å². The molecule has 0 saturated carbocycles. The quantitative estimate of drug-likeness (QED) is 0.491. The van der Waals surface area contributed by atoms with Gasteiger partial charge in [-0.1, -0.05) is 11.3 Å². The number of benzene rings is 2. The minimum Gasteiger partial charge on any atom is -0.497 e. The van der Waals surface area contributed by atoms with Crippen LogP contribution in [0.4, 0.5) is 0 Å². The van der Waals surface area contributed by atoms with Crippen molar-refractivity contribution in [3.8, 4) is 45.0 Å². The third-order valence-corrected chi connectivity index (χ3v) is 5.20. The zero-order valence-electron chi connectivity index (χ0n) is 15.8. The van der Waals surface area contributed by atoms with Crippen molar-refractivity contribution in [3.63, 3.8) is 0 Å². The Kier molecular flexibility index (Phi) is 4.74. The number of methoxy groups -OCH3 is 4. The minimum absolute atomic E-state index is 0.520. The van der Waals surface area contributed by atoms with Gasteiger partial charge in [0.25, 0.3) is 0 Å². The highest BCUT2D eigenvalue weighted by atomic mass is 32.1. The Hall–Kier alpha value is -3.33. The van der Waals surface area contributed by atoms with Crippen LogP contribution in [0.5, 0.6) is 23.0 Å². The van der Waals surface area contributed by atoms with Crippen molar-refractivity contribution in [2.24, 2.45) is 0 Å². The summed E-state index contributed by atoms with van der Waals surface area (Å²) >= 11 is 1.46. The molecule has 2 aromatic carbocycles. The standard InChI is InChI=1S/C19H18N4O4S/c1-24-13-7-5-11(6-8-13)18-22-23-17(20-21-19(23)28-18)12-9-14(25-2)16(27-4)15(10-12)26-3/h5-10H,1-4H3. The zero-order chi connectivity index (χ0) is 19.7. The summed E-state index contributed by atoms with van der Waals surface area (Å²) in [6.07, 6.45) is 0. The SMILES string of the molecule is COc1ccc(-c2nn3c(-c4cc(OC)c(OC)c(OC)c4)nnc3s2)cc1. The van der Waals surface area contributed by atoms with Crippen molar-refractivity contribution in [2.75, 3.05) is 28.4 Å². The molecule has 0 saturated heterocycles. The molecule has 4 rings (SSSR count). The van der Waals surface area contributed by atoms with Crippen LogP contribution in [-0.2, 0) is 0 Å². The van der Waals surface area contributed by atoms with Crippen molar-refractivity contribution >= 4 is 16.3 Å². The predicted octanol–water partition coefficient (Wildman–Crippen LogP) is 3.55. The fraction of sp³-hybridized carbons (Fsp3) is 0.211. The molecule has 8 nitrogen and oxygen atoms in total. The third-order valence-electron chi connectivity index (χ3n) is 4.25. The molecule has 144 valence electrons. The lowest BCUT2D eigenvalue weighted by Gasteiger charge is -2.13. The van der Waals surface area contributed by atoms with Gasteiger partial charge >= 0.3 is 0 Å². The molecule has 28 heavy (non-hydrogen) atoms. The van der Waals surface area contributed by atoms with E-state index in [1.807, 2.05) is 36.4 Å². The van der Waals surface area contributed by atoms with Crippen LogP contribution in [0.25, 0.3) is 26.9 Å². The van der Waals surface area contributed by atoms with Gasteiger partial charge in [-0.25, -0.2) is 0 Å². The largest absolute Gasteiger partial charge is 0.497 e. The highest BCUT2D eigenvalue weighted by molar-refractivity contribution is 7.19. The molecule has 9 heteroatoms. The number of hydrogen-bond donors (Lipinski definition) is 0. The summed E-state index contributed by atoms with van der Waals surface area (Å²) in [7, 11) is 6.36. The molecule has 0 fully saturated rings. The zero-order valence-corrected chi connectivity index (χ0v) is 16.6. The fourth-order valence-corrected chi connectivity index (χ4v) is 3.70. The molecule has 2 aromatic heterocycles. The van der Waals surface area contributed by atoms with E-state index < -0.39 is 0 Å². The molecule has 0 N–H and O–H groups in total. The van der Waals surface area contributed by atoms with E-state index in [9.17, 15) is 0 Å². The van der Waals surface area contributed by atoms with Gasteiger partial charge in [0, 0.05) is 11.1 Å². The summed E-state index contributed by atoms with van der Waals surface area (Å²) in [5.74, 6) is 2.99. The molecule has 0 aliphatic rings. The van der Waals surface area contributed by atoms with Crippen LogP contribution in [-0.4, -0.2) is 48.3 Å². The molecular weight excluding hydrogens is 380 g/mol. The van der Waals surface area contributed by atoms with Crippen molar-refractivity contribution in [3.05, 3.63) is 36.4 Å². The van der Waals surface area contributed by atoms with E-state index >= 15 is 0 Å². The molecule has 0 radical (unpaired) electrons. The predicted molar refractivity (Wildman–Crippen MR) is 106 cm³/mol. The Morgan fingerprint density at radius 2 is 1.46 bits per heavy atom. The Labute approximate surface area is 165 Å². The lowest BCUT2D eigenvalue weighted by Crippen LogP contribution is -1.97. The topological polar surface area (TPSA) is 80.0 Å². The average Bonchev–Trinajstić information content (AvgIpc) is 3.33. The first-order valence-electron chi connectivity index (χ1n) is 8.35. The van der Waals surface area contributed by atoms with Crippen LogP contribution in [0, 0.1) is 0 Å². The summed E-state index contributed by atoms with van der Waals surface area (Å²) < 4.78 is 23.2. The van der Waals surface area contributed by atoms with Gasteiger partial charge in [-0.2, -0.15) is 9.61 Å². The number of ether oxygens (including phenoxy) is 4. The molecule has 0 spiro atoms. The maximum Gasteiger partial charge on any atom is 0.235 e. The van der Waals surface area contributed by atoms with Crippen LogP contribution < -0.4 is 18.9 Å². The minimum atomic E-state index is 0.520. The molecule has 4 aromatic rings. The Balaban J connectivity index is 1.80. The molecule has 0 amide bonds. The van der Waals surface area contributed by atoms with Crippen molar-refractivity contribution in [1.82, 2.24) is 19.8 Å². The van der Waals surface area contributed by atoms with Crippen LogP contribution >= 0.6 is 11.3 Å². The lowest BCUT2D eigenvalue weighted by atomic mass is 10.1. The summed E-state index contributed by atoms with van der Waals surface area (Å²) in [5, 5.41) is 14.1. The molecule has 0 unspecified atom stereocenters. The van der Waals surface area contributed by atoms with Crippen molar-refractivity contribution in [1.29, 1.82) is 0 Å².